The van der Waals surface area contributed by atoms with E-state index in [0.29, 0.717) is 16.3 Å². The Bertz CT molecular complexity index is 635. The van der Waals surface area contributed by atoms with Crippen LogP contribution in [0.5, 0.6) is 5.75 Å². The van der Waals surface area contributed by atoms with Crippen LogP contribution >= 0.6 is 11.6 Å². The van der Waals surface area contributed by atoms with Crippen LogP contribution in [0.1, 0.15) is 18.5 Å². The van der Waals surface area contributed by atoms with Crippen molar-refractivity contribution in [1.29, 1.82) is 0 Å². The Labute approximate surface area is 127 Å². The lowest BCUT2D eigenvalue weighted by Crippen LogP contribution is -2.70. The van der Waals surface area contributed by atoms with Crippen LogP contribution in [0.3, 0.4) is 0 Å². The first-order valence-electron chi connectivity index (χ1n) is 6.49. The van der Waals surface area contributed by atoms with Crippen molar-refractivity contribution in [1.82, 2.24) is 10.2 Å². The highest BCUT2D eigenvalue weighted by Gasteiger charge is 2.59. The van der Waals surface area contributed by atoms with Crippen molar-refractivity contribution in [2.45, 2.75) is 18.7 Å². The molecule has 1 aromatic rings. The van der Waals surface area contributed by atoms with Crippen LogP contribution in [-0.4, -0.2) is 36.8 Å². The van der Waals surface area contributed by atoms with Gasteiger partial charge in [0.05, 0.1) is 13.2 Å². The molecule has 6 nitrogen and oxygen atoms in total. The van der Waals surface area contributed by atoms with Crippen LogP contribution in [-0.2, 0) is 9.53 Å². The lowest BCUT2D eigenvalue weighted by molar-refractivity contribution is -0.173. The van der Waals surface area contributed by atoms with Gasteiger partial charge < -0.3 is 14.8 Å². The normalized spacial score (nSPS) is 30.1. The first kappa shape index (κ1) is 14.0. The number of urea groups is 1. The predicted octanol–water partition coefficient (Wildman–Crippen LogP) is 1.93. The molecule has 1 aromatic carbocycles. The van der Waals surface area contributed by atoms with Gasteiger partial charge >= 0.3 is 12.0 Å². The summed E-state index contributed by atoms with van der Waals surface area (Å²) in [5, 5.41) is 3.33. The minimum Gasteiger partial charge on any atom is -0.469 e. The molecule has 3 rings (SSSR count). The van der Waals surface area contributed by atoms with Gasteiger partial charge in [0, 0.05) is 17.6 Å². The van der Waals surface area contributed by atoms with Gasteiger partial charge in [-0.15, -0.1) is 0 Å². The van der Waals surface area contributed by atoms with Crippen LogP contribution in [0.2, 0.25) is 5.02 Å². The molecule has 112 valence electrons. The van der Waals surface area contributed by atoms with Crippen molar-refractivity contribution >= 4 is 23.6 Å². The van der Waals surface area contributed by atoms with E-state index in [1.54, 1.807) is 32.2 Å². The van der Waals surface area contributed by atoms with Gasteiger partial charge in [-0.25, -0.2) is 4.79 Å². The zero-order valence-corrected chi connectivity index (χ0v) is 12.6. The third kappa shape index (κ3) is 1.86. The summed E-state index contributed by atoms with van der Waals surface area (Å²) in [6, 6.07) is 4.30. The Morgan fingerprint density at radius 1 is 1.52 bits per heavy atom. The van der Waals surface area contributed by atoms with Crippen molar-refractivity contribution in [3.05, 3.63) is 28.8 Å². The summed E-state index contributed by atoms with van der Waals surface area (Å²) < 4.78 is 10.9. The summed E-state index contributed by atoms with van der Waals surface area (Å²) in [4.78, 5) is 25.7. The molecule has 0 radical (unpaired) electrons. The van der Waals surface area contributed by atoms with Gasteiger partial charge in [-0.1, -0.05) is 11.6 Å². The van der Waals surface area contributed by atoms with Crippen LogP contribution in [0.15, 0.2) is 18.2 Å². The molecular formula is C14H15ClN2O4. The second kappa shape index (κ2) is 4.53. The molecule has 2 amide bonds. The first-order chi connectivity index (χ1) is 9.88. The van der Waals surface area contributed by atoms with E-state index in [1.165, 1.54) is 12.0 Å². The van der Waals surface area contributed by atoms with E-state index in [-0.39, 0.29) is 6.03 Å². The maximum absolute atomic E-state index is 12.2. The molecule has 21 heavy (non-hydrogen) atoms. The Kier molecular flexibility index (Phi) is 3.02. The summed E-state index contributed by atoms with van der Waals surface area (Å²) in [6.45, 7) is 1.71. The molecule has 0 aliphatic carbocycles. The molecule has 1 saturated heterocycles. The van der Waals surface area contributed by atoms with Crippen molar-refractivity contribution in [3.63, 3.8) is 0 Å². The van der Waals surface area contributed by atoms with E-state index in [2.05, 4.69) is 5.32 Å². The van der Waals surface area contributed by atoms with Gasteiger partial charge in [-0.05, 0) is 25.1 Å². The van der Waals surface area contributed by atoms with Gasteiger partial charge in [-0.3, -0.25) is 9.69 Å². The number of methoxy groups -OCH3 is 1. The average Bonchev–Trinajstić information content (AvgIpc) is 2.45. The fraction of sp³-hybridized carbons (Fsp3) is 0.429. The largest absolute Gasteiger partial charge is 0.469 e. The minimum atomic E-state index is -1.11. The molecule has 2 aliphatic rings. The van der Waals surface area contributed by atoms with Crippen LogP contribution < -0.4 is 10.1 Å². The number of esters is 1. The van der Waals surface area contributed by atoms with Crippen molar-refractivity contribution in [2.75, 3.05) is 14.2 Å². The number of rotatable bonds is 1. The summed E-state index contributed by atoms with van der Waals surface area (Å²) in [5.74, 6) is -0.532. The summed E-state index contributed by atoms with van der Waals surface area (Å²) in [7, 11) is 2.90. The van der Waals surface area contributed by atoms with Gasteiger partial charge in [0.15, 0.2) is 5.72 Å². The molecule has 0 spiro atoms. The molecule has 3 unspecified atom stereocenters. The molecular weight excluding hydrogens is 296 g/mol. The number of carbonyl (C=O) groups excluding carboxylic acids is 2. The maximum atomic E-state index is 12.2. The standard InChI is InChI=1S/C14H15ClN2O4/c1-14-10(12(18)20-3)11(16-13(19)17(14)2)8-6-7(15)4-5-9(8)21-14/h4-6,10-11H,1-3H3,(H,16,19). The maximum Gasteiger partial charge on any atom is 0.320 e. The Morgan fingerprint density at radius 3 is 2.90 bits per heavy atom. The lowest BCUT2D eigenvalue weighted by atomic mass is 9.79. The monoisotopic (exact) mass is 310 g/mol. The Hall–Kier alpha value is -1.95. The van der Waals surface area contributed by atoms with E-state index in [4.69, 9.17) is 21.1 Å². The smallest absolute Gasteiger partial charge is 0.320 e. The van der Waals surface area contributed by atoms with E-state index in [9.17, 15) is 9.59 Å². The third-order valence-electron chi connectivity index (χ3n) is 4.24. The highest BCUT2D eigenvalue weighted by atomic mass is 35.5. The van der Waals surface area contributed by atoms with E-state index < -0.39 is 23.7 Å². The highest BCUT2D eigenvalue weighted by Crippen LogP contribution is 2.48. The number of fused-ring (bicyclic) bond motifs is 4. The quantitative estimate of drug-likeness (QED) is 0.805. The van der Waals surface area contributed by atoms with Crippen molar-refractivity contribution in [2.24, 2.45) is 5.92 Å². The van der Waals surface area contributed by atoms with E-state index >= 15 is 0 Å². The Balaban J connectivity index is 2.19. The third-order valence-corrected chi connectivity index (χ3v) is 4.47. The predicted molar refractivity (Wildman–Crippen MR) is 75.0 cm³/mol. The molecule has 2 heterocycles. The SMILES string of the molecule is COC(=O)C1C2NC(=O)N(C)C1(C)Oc1ccc(Cl)cc12. The fourth-order valence-electron chi connectivity index (χ4n) is 2.98. The highest BCUT2D eigenvalue weighted by molar-refractivity contribution is 6.30. The molecule has 7 heteroatoms. The lowest BCUT2D eigenvalue weighted by Gasteiger charge is -2.53. The summed E-state index contributed by atoms with van der Waals surface area (Å²) in [5.41, 5.74) is -0.433. The number of benzene rings is 1. The molecule has 1 N–H and O–H groups in total. The number of nitrogens with one attached hydrogen (secondary N) is 1. The number of carbonyl (C=O) groups is 2. The van der Waals surface area contributed by atoms with Crippen LogP contribution in [0.25, 0.3) is 0 Å². The molecule has 0 saturated carbocycles. The van der Waals surface area contributed by atoms with E-state index in [1.807, 2.05) is 0 Å². The zero-order chi connectivity index (χ0) is 15.4. The zero-order valence-electron chi connectivity index (χ0n) is 11.8. The summed E-state index contributed by atoms with van der Waals surface area (Å²) in [6.07, 6.45) is 0. The van der Waals surface area contributed by atoms with Gasteiger partial charge in [0.2, 0.25) is 0 Å². The van der Waals surface area contributed by atoms with Gasteiger partial charge in [-0.2, -0.15) is 0 Å². The van der Waals surface area contributed by atoms with Gasteiger partial charge in [0.1, 0.15) is 11.7 Å². The molecule has 0 aromatic heterocycles. The second-order valence-corrected chi connectivity index (χ2v) is 5.76. The first-order valence-corrected chi connectivity index (χ1v) is 6.87. The molecule has 1 fully saturated rings. The fourth-order valence-corrected chi connectivity index (χ4v) is 3.16. The number of amides is 2. The number of hydrogen-bond acceptors (Lipinski definition) is 4. The van der Waals surface area contributed by atoms with Gasteiger partial charge in [0.25, 0.3) is 0 Å². The topological polar surface area (TPSA) is 67.9 Å². The molecule has 2 bridgehead atoms. The van der Waals surface area contributed by atoms with E-state index in [0.717, 1.165) is 0 Å². The number of halogens is 1. The number of nitrogens with zero attached hydrogens (tertiary/aromatic N) is 1. The van der Waals surface area contributed by atoms with Crippen LogP contribution in [0.4, 0.5) is 4.79 Å². The summed E-state index contributed by atoms with van der Waals surface area (Å²) >= 11 is 6.02. The number of ether oxygens (including phenoxy) is 2. The minimum absolute atomic E-state index is 0.312. The Morgan fingerprint density at radius 2 is 2.24 bits per heavy atom. The van der Waals surface area contributed by atoms with Crippen molar-refractivity contribution in [3.8, 4) is 5.75 Å². The number of hydrogen-bond donors (Lipinski definition) is 1. The average molecular weight is 311 g/mol. The second-order valence-electron chi connectivity index (χ2n) is 5.33. The molecule has 2 aliphatic heterocycles. The van der Waals surface area contributed by atoms with Crippen molar-refractivity contribution < 1.29 is 19.1 Å². The van der Waals surface area contributed by atoms with Crippen LogP contribution in [0, 0.1) is 5.92 Å². The molecule has 3 atom stereocenters.